The minimum absolute atomic E-state index is 0.258. The van der Waals surface area contributed by atoms with Crippen molar-refractivity contribution >= 4 is 0 Å². The van der Waals surface area contributed by atoms with E-state index in [2.05, 4.69) is 54.6 Å². The van der Waals surface area contributed by atoms with Crippen molar-refractivity contribution in [1.29, 1.82) is 0 Å². The SMILES string of the molecule is c1ccc(C2(c3ccc(C4CCCC4)cc3)CCCCC2)cc1. The van der Waals surface area contributed by atoms with Gasteiger partial charge in [-0.2, -0.15) is 0 Å². The third-order valence-corrected chi connectivity index (χ3v) is 6.32. The lowest BCUT2D eigenvalue weighted by Crippen LogP contribution is -2.30. The molecule has 0 spiro atoms. The number of hydrogen-bond acceptors (Lipinski definition) is 0. The molecule has 2 aliphatic carbocycles. The minimum atomic E-state index is 0.258. The van der Waals surface area contributed by atoms with Crippen molar-refractivity contribution in [2.75, 3.05) is 0 Å². The minimum Gasteiger partial charge on any atom is -0.0622 e. The molecule has 0 radical (unpaired) electrons. The van der Waals surface area contributed by atoms with Gasteiger partial charge in [-0.3, -0.25) is 0 Å². The third kappa shape index (κ3) is 2.84. The first kappa shape index (κ1) is 15.0. The molecule has 23 heavy (non-hydrogen) atoms. The van der Waals surface area contributed by atoms with Gasteiger partial charge in [0.1, 0.15) is 0 Å². The Kier molecular flexibility index (Phi) is 4.25. The van der Waals surface area contributed by atoms with Gasteiger partial charge >= 0.3 is 0 Å². The van der Waals surface area contributed by atoms with Crippen LogP contribution in [0.5, 0.6) is 0 Å². The van der Waals surface area contributed by atoms with E-state index in [4.69, 9.17) is 0 Å². The Hall–Kier alpha value is -1.56. The van der Waals surface area contributed by atoms with Crippen molar-refractivity contribution in [3.8, 4) is 0 Å². The molecular formula is C23H28. The standard InChI is InChI=1S/C23H28/c1-3-11-21(12-4-1)23(17-7-2-8-18-23)22-15-13-20(14-16-22)19-9-5-6-10-19/h1,3-4,11-16,19H,2,5-10,17-18H2. The lowest BCUT2D eigenvalue weighted by atomic mass is 9.65. The molecule has 0 amide bonds. The number of hydrogen-bond donors (Lipinski definition) is 0. The molecule has 0 atom stereocenters. The molecule has 2 aromatic carbocycles. The van der Waals surface area contributed by atoms with Crippen LogP contribution in [0.2, 0.25) is 0 Å². The zero-order chi connectivity index (χ0) is 15.5. The Morgan fingerprint density at radius 1 is 0.609 bits per heavy atom. The quantitative estimate of drug-likeness (QED) is 0.599. The van der Waals surface area contributed by atoms with E-state index >= 15 is 0 Å². The fraction of sp³-hybridized carbons (Fsp3) is 0.478. The summed E-state index contributed by atoms with van der Waals surface area (Å²) in [7, 11) is 0. The second kappa shape index (κ2) is 6.51. The van der Waals surface area contributed by atoms with Crippen LogP contribution in [0.3, 0.4) is 0 Å². The molecule has 2 saturated carbocycles. The van der Waals surface area contributed by atoms with Crippen LogP contribution in [-0.4, -0.2) is 0 Å². The van der Waals surface area contributed by atoms with Crippen molar-refractivity contribution in [2.45, 2.75) is 69.1 Å². The van der Waals surface area contributed by atoms with E-state index < -0.39 is 0 Å². The number of benzene rings is 2. The zero-order valence-corrected chi connectivity index (χ0v) is 14.1. The Morgan fingerprint density at radius 3 is 1.87 bits per heavy atom. The summed E-state index contributed by atoms with van der Waals surface area (Å²) < 4.78 is 0. The monoisotopic (exact) mass is 304 g/mol. The lowest BCUT2D eigenvalue weighted by Gasteiger charge is -2.39. The fourth-order valence-corrected chi connectivity index (χ4v) is 4.99. The molecule has 2 aromatic rings. The Bertz CT molecular complexity index is 611. The summed E-state index contributed by atoms with van der Waals surface area (Å²) in [5, 5.41) is 0. The first-order chi connectivity index (χ1) is 11.4. The summed E-state index contributed by atoms with van der Waals surface area (Å²) in [6.45, 7) is 0. The molecule has 0 N–H and O–H groups in total. The van der Waals surface area contributed by atoms with Crippen LogP contribution in [0, 0.1) is 0 Å². The molecule has 4 rings (SSSR count). The van der Waals surface area contributed by atoms with Crippen molar-refractivity contribution < 1.29 is 0 Å². The highest BCUT2D eigenvalue weighted by Gasteiger charge is 2.35. The lowest BCUT2D eigenvalue weighted by molar-refractivity contribution is 0.346. The normalized spacial score (nSPS) is 21.4. The number of rotatable bonds is 3. The summed E-state index contributed by atoms with van der Waals surface area (Å²) in [5.41, 5.74) is 4.90. The van der Waals surface area contributed by atoms with Gasteiger partial charge in [0, 0.05) is 5.41 Å². The second-order valence-corrected chi connectivity index (χ2v) is 7.61. The van der Waals surface area contributed by atoms with E-state index in [1.165, 1.54) is 63.4 Å². The third-order valence-electron chi connectivity index (χ3n) is 6.32. The molecular weight excluding hydrogens is 276 g/mol. The van der Waals surface area contributed by atoms with Crippen LogP contribution < -0.4 is 0 Å². The van der Waals surface area contributed by atoms with E-state index in [1.807, 2.05) is 0 Å². The summed E-state index contributed by atoms with van der Waals surface area (Å²) in [4.78, 5) is 0. The van der Waals surface area contributed by atoms with Gasteiger partial charge in [-0.1, -0.05) is 86.7 Å². The predicted octanol–water partition coefficient (Wildman–Crippen LogP) is 6.59. The van der Waals surface area contributed by atoms with Crippen LogP contribution >= 0.6 is 0 Å². The predicted molar refractivity (Wildman–Crippen MR) is 98.0 cm³/mol. The molecule has 0 aliphatic heterocycles. The maximum atomic E-state index is 2.45. The van der Waals surface area contributed by atoms with Crippen molar-refractivity contribution in [3.05, 3.63) is 71.3 Å². The average molecular weight is 304 g/mol. The molecule has 0 heteroatoms. The average Bonchev–Trinajstić information content (AvgIpc) is 3.18. The van der Waals surface area contributed by atoms with Gasteiger partial charge in [-0.25, -0.2) is 0 Å². The molecule has 0 heterocycles. The van der Waals surface area contributed by atoms with Crippen molar-refractivity contribution in [1.82, 2.24) is 0 Å². The molecule has 2 fully saturated rings. The van der Waals surface area contributed by atoms with Crippen LogP contribution in [0.25, 0.3) is 0 Å². The van der Waals surface area contributed by atoms with Crippen LogP contribution in [0.15, 0.2) is 54.6 Å². The molecule has 0 nitrogen and oxygen atoms in total. The van der Waals surface area contributed by atoms with Gasteiger partial charge in [-0.15, -0.1) is 0 Å². The molecule has 0 saturated heterocycles. The maximum absolute atomic E-state index is 2.45. The van der Waals surface area contributed by atoms with Crippen LogP contribution in [0.1, 0.15) is 80.4 Å². The molecule has 0 bridgehead atoms. The van der Waals surface area contributed by atoms with Gasteiger partial charge in [0.05, 0.1) is 0 Å². The summed E-state index contributed by atoms with van der Waals surface area (Å²) >= 11 is 0. The van der Waals surface area contributed by atoms with Crippen molar-refractivity contribution in [2.24, 2.45) is 0 Å². The fourth-order valence-electron chi connectivity index (χ4n) is 4.99. The molecule has 2 aliphatic rings. The summed E-state index contributed by atoms with van der Waals surface area (Å²) in [6.07, 6.45) is 12.3. The van der Waals surface area contributed by atoms with E-state index in [0.717, 1.165) is 5.92 Å². The van der Waals surface area contributed by atoms with Gasteiger partial charge in [0.2, 0.25) is 0 Å². The summed E-state index contributed by atoms with van der Waals surface area (Å²) in [5.74, 6) is 0.822. The maximum Gasteiger partial charge on any atom is 0.0202 e. The van der Waals surface area contributed by atoms with Gasteiger partial charge in [0.25, 0.3) is 0 Å². The molecule has 0 unspecified atom stereocenters. The van der Waals surface area contributed by atoms with E-state index in [0.29, 0.717) is 0 Å². The molecule has 120 valence electrons. The summed E-state index contributed by atoms with van der Waals surface area (Å²) in [6, 6.07) is 21.0. The smallest absolute Gasteiger partial charge is 0.0202 e. The first-order valence-corrected chi connectivity index (χ1v) is 9.54. The van der Waals surface area contributed by atoms with E-state index in [-0.39, 0.29) is 5.41 Å². The topological polar surface area (TPSA) is 0 Å². The van der Waals surface area contributed by atoms with E-state index in [1.54, 1.807) is 11.1 Å². The zero-order valence-electron chi connectivity index (χ0n) is 14.1. The Labute approximate surface area is 140 Å². The van der Waals surface area contributed by atoms with Crippen molar-refractivity contribution in [3.63, 3.8) is 0 Å². The Morgan fingerprint density at radius 2 is 1.22 bits per heavy atom. The van der Waals surface area contributed by atoms with Gasteiger partial charge in [-0.05, 0) is 48.3 Å². The largest absolute Gasteiger partial charge is 0.0622 e. The highest BCUT2D eigenvalue weighted by molar-refractivity contribution is 5.41. The second-order valence-electron chi connectivity index (χ2n) is 7.61. The van der Waals surface area contributed by atoms with Gasteiger partial charge in [0.15, 0.2) is 0 Å². The van der Waals surface area contributed by atoms with Gasteiger partial charge < -0.3 is 0 Å². The highest BCUT2D eigenvalue weighted by Crippen LogP contribution is 2.45. The molecule has 0 aromatic heterocycles. The van der Waals surface area contributed by atoms with Crippen LogP contribution in [-0.2, 0) is 5.41 Å². The first-order valence-electron chi connectivity index (χ1n) is 9.54. The van der Waals surface area contributed by atoms with Crippen LogP contribution in [0.4, 0.5) is 0 Å². The highest BCUT2D eigenvalue weighted by atomic mass is 14.4. The van der Waals surface area contributed by atoms with E-state index in [9.17, 15) is 0 Å². The Balaban J connectivity index is 1.69.